The number of hydrogen-bond acceptors (Lipinski definition) is 0. The summed E-state index contributed by atoms with van der Waals surface area (Å²) in [5.41, 5.74) is 0. The molecule has 0 aliphatic rings. The molecule has 0 nitrogen and oxygen atoms in total. The van der Waals surface area contributed by atoms with Crippen molar-refractivity contribution in [1.82, 2.24) is 0 Å². The monoisotopic (exact) mass is 69.0 g/mol. The maximum atomic E-state index is 9.67. The van der Waals surface area contributed by atoms with E-state index >= 15 is 0 Å². The third-order valence-electron chi connectivity index (χ3n) is 0. The van der Waals surface area contributed by atoms with Crippen LogP contribution >= 0.6 is 0 Å². The Morgan fingerprint density at radius 3 is 1.00 bits per heavy atom. The van der Waals surface area contributed by atoms with E-state index < -0.39 is 6.68 Å². The predicted octanol–water partition coefficient (Wildman–Crippen LogP) is 1.18. The second-order valence-corrected chi connectivity index (χ2v) is 0.247. The molecule has 0 aliphatic carbocycles. The predicted molar refractivity (Wildman–Crippen MR) is 7.11 cm³/mol. The van der Waals surface area contributed by atoms with Crippen molar-refractivity contribution in [2.45, 2.75) is 6.68 Å². The highest BCUT2D eigenvalue weighted by atomic mass is 19.4. The van der Waals surface area contributed by atoms with Gasteiger partial charge in [-0.2, -0.15) is 13.2 Å². The second kappa shape index (κ2) is 1.15. The van der Waals surface area contributed by atoms with Crippen LogP contribution in [0.3, 0.4) is 0 Å². The quantitative estimate of drug-likeness (QED) is 0.400. The smallest absolute Gasteiger partial charge is 0.174 e. The summed E-state index contributed by atoms with van der Waals surface area (Å²) in [6.07, 6.45) is 0. The zero-order chi connectivity index (χ0) is 3.58. The average Bonchev–Trinajstić information content (AvgIpc) is 0.811. The van der Waals surface area contributed by atoms with Gasteiger partial charge < -0.3 is 0 Å². The summed E-state index contributed by atoms with van der Waals surface area (Å²) >= 11 is 0. The van der Waals surface area contributed by atoms with Crippen molar-refractivity contribution in [3.8, 4) is 0 Å². The van der Waals surface area contributed by atoms with Crippen LogP contribution in [0.5, 0.6) is 0 Å². The summed E-state index contributed by atoms with van der Waals surface area (Å²) in [6, 6.07) is 0. The molecule has 0 aromatic rings. The normalized spacial score (nSPS) is 9.00. The molecule has 0 aromatic heterocycles. The molecule has 0 radical (unpaired) electrons. The first-order chi connectivity index (χ1) is 1.73. The maximum Gasteiger partial charge on any atom is 0.379 e. The van der Waals surface area contributed by atoms with Gasteiger partial charge >= 0.3 is 6.68 Å². The summed E-state index contributed by atoms with van der Waals surface area (Å²) in [5.74, 6) is 0. The highest BCUT2D eigenvalue weighted by molar-refractivity contribution is 3.83. The molecule has 0 N–H and O–H groups in total. The lowest BCUT2D eigenvalue weighted by molar-refractivity contribution is 0.00820. The minimum absolute atomic E-state index is 3.67. The fraction of sp³-hybridized carbons (Fsp3) is 1.00. The summed E-state index contributed by atoms with van der Waals surface area (Å²) in [4.78, 5) is 0. The molecule has 0 atom stereocenters. The van der Waals surface area contributed by atoms with E-state index in [0.717, 1.165) is 0 Å². The maximum absolute atomic E-state index is 9.67. The van der Waals surface area contributed by atoms with Crippen molar-refractivity contribution in [2.75, 3.05) is 0 Å². The zero-order valence-corrected chi connectivity index (χ0v) is 1.71. The molecule has 0 rings (SSSR count). The molecule has 0 aromatic carbocycles. The van der Waals surface area contributed by atoms with Crippen molar-refractivity contribution in [1.29, 1.82) is 0 Å². The topological polar surface area (TPSA) is 0 Å². The third-order valence-corrected chi connectivity index (χ3v) is 0. The van der Waals surface area contributed by atoms with Gasteiger partial charge in [-0.15, -0.1) is 0 Å². The second-order valence-electron chi connectivity index (χ2n) is 0.247. The van der Waals surface area contributed by atoms with Gasteiger partial charge in [0, 0.05) is 0 Å². The lowest BCUT2D eigenvalue weighted by Crippen LogP contribution is -1.65. The lowest BCUT2D eigenvalue weighted by atomic mass is 10.7. The molecule has 0 unspecified atom stereocenters. The van der Waals surface area contributed by atoms with Crippen molar-refractivity contribution in [2.24, 2.45) is 0 Å². The molecule has 0 amide bonds. The molecule has 0 spiro atoms. The molecule has 26 valence electrons. The summed E-state index contributed by atoms with van der Waals surface area (Å²) in [7, 11) is 0. The number of rotatable bonds is 0. The summed E-state index contributed by atoms with van der Waals surface area (Å²) < 4.78 is 29.0. The Bertz CT molecular complexity index is 8.00. The number of halogens is 3. The van der Waals surface area contributed by atoms with E-state index in [1.807, 2.05) is 0 Å². The standard InChI is InChI=1S/CHF3/c2-1(3)4/h1H/i1-1. The minimum atomic E-state index is -3.67. The van der Waals surface area contributed by atoms with Gasteiger partial charge in [0.25, 0.3) is 0 Å². The summed E-state index contributed by atoms with van der Waals surface area (Å²) in [6.45, 7) is -3.67. The van der Waals surface area contributed by atoms with Gasteiger partial charge in [0.1, 0.15) is 0 Å². The Balaban J connectivity index is 2.32. The summed E-state index contributed by atoms with van der Waals surface area (Å²) in [5, 5.41) is 0. The highest BCUT2D eigenvalue weighted by Crippen LogP contribution is 1.87. The van der Waals surface area contributed by atoms with E-state index in [0.29, 0.717) is 0 Å². The van der Waals surface area contributed by atoms with Gasteiger partial charge in [0.2, 0.25) is 0 Å². The Morgan fingerprint density at radius 1 is 1.00 bits per heavy atom. The molecule has 0 saturated heterocycles. The van der Waals surface area contributed by atoms with Crippen LogP contribution in [0.4, 0.5) is 13.2 Å². The van der Waals surface area contributed by atoms with Crippen LogP contribution in [0.1, 0.15) is 0 Å². The molecule has 4 heavy (non-hydrogen) atoms. The zero-order valence-electron chi connectivity index (χ0n) is 1.71. The van der Waals surface area contributed by atoms with E-state index in [-0.39, 0.29) is 0 Å². The van der Waals surface area contributed by atoms with Gasteiger partial charge in [-0.25, -0.2) is 0 Å². The Labute approximate surface area is 21.2 Å². The molecular formula is CHF3. The van der Waals surface area contributed by atoms with E-state index in [1.54, 1.807) is 0 Å². The first kappa shape index (κ1) is 3.79. The lowest BCUT2D eigenvalue weighted by Gasteiger charge is -1.65. The van der Waals surface area contributed by atoms with Crippen LogP contribution in [-0.4, -0.2) is 6.68 Å². The Hall–Kier alpha value is -0.210. The van der Waals surface area contributed by atoms with Crippen LogP contribution in [-0.2, 0) is 0 Å². The Kier molecular flexibility index (Phi) is 1.09. The van der Waals surface area contributed by atoms with Crippen LogP contribution in [0.25, 0.3) is 0 Å². The molecular weight excluding hydrogens is 68.0 g/mol. The van der Waals surface area contributed by atoms with Gasteiger partial charge in [0.05, 0.1) is 0 Å². The van der Waals surface area contributed by atoms with Crippen LogP contribution in [0, 0.1) is 0 Å². The van der Waals surface area contributed by atoms with Crippen molar-refractivity contribution >= 4 is 0 Å². The van der Waals surface area contributed by atoms with E-state index in [2.05, 4.69) is 0 Å². The van der Waals surface area contributed by atoms with Crippen molar-refractivity contribution < 1.29 is 13.2 Å². The highest BCUT2D eigenvalue weighted by Gasteiger charge is 1.86. The molecule has 3 heteroatoms. The molecule has 0 heterocycles. The van der Waals surface area contributed by atoms with Gasteiger partial charge in [-0.3, -0.25) is 0 Å². The van der Waals surface area contributed by atoms with Crippen molar-refractivity contribution in [3.63, 3.8) is 0 Å². The number of hydrogen-bond donors (Lipinski definition) is 0. The SMILES string of the molecule is F[11CH](F)F. The van der Waals surface area contributed by atoms with E-state index in [4.69, 9.17) is 0 Å². The molecule has 0 aliphatic heterocycles. The Morgan fingerprint density at radius 2 is 1.00 bits per heavy atom. The van der Waals surface area contributed by atoms with Gasteiger partial charge in [0.15, 0.2) is 0 Å². The molecule has 0 fully saturated rings. The fourth-order valence-electron chi connectivity index (χ4n) is 0. The van der Waals surface area contributed by atoms with Crippen molar-refractivity contribution in [3.05, 3.63) is 0 Å². The van der Waals surface area contributed by atoms with Crippen LogP contribution in [0.15, 0.2) is 0 Å². The minimum Gasteiger partial charge on any atom is -0.174 e. The third kappa shape index (κ3) is 25.3. The molecule has 0 bridgehead atoms. The first-order valence-electron chi connectivity index (χ1n) is 0.655. The first-order valence-corrected chi connectivity index (χ1v) is 0.655. The van der Waals surface area contributed by atoms with E-state index in [1.165, 1.54) is 0 Å². The number of alkyl halides is 3. The average molecular weight is 69.0 g/mol. The van der Waals surface area contributed by atoms with Crippen LogP contribution in [0.2, 0.25) is 0 Å². The van der Waals surface area contributed by atoms with Crippen LogP contribution < -0.4 is 0 Å². The fourth-order valence-corrected chi connectivity index (χ4v) is 0. The molecule has 0 saturated carbocycles. The largest absolute Gasteiger partial charge is 0.379 e. The van der Waals surface area contributed by atoms with Gasteiger partial charge in [-0.05, 0) is 0 Å². The van der Waals surface area contributed by atoms with E-state index in [9.17, 15) is 13.2 Å². The van der Waals surface area contributed by atoms with Gasteiger partial charge in [-0.1, -0.05) is 0 Å².